The minimum Gasteiger partial charge on any atom is -0.361 e. The molecule has 0 unspecified atom stereocenters. The van der Waals surface area contributed by atoms with Crippen molar-refractivity contribution >= 4 is 5.91 Å². The van der Waals surface area contributed by atoms with Crippen molar-refractivity contribution in [1.82, 2.24) is 20.0 Å². The zero-order valence-corrected chi connectivity index (χ0v) is 13.3. The van der Waals surface area contributed by atoms with Crippen molar-refractivity contribution in [2.45, 2.75) is 52.6 Å². The summed E-state index contributed by atoms with van der Waals surface area (Å²) in [6.45, 7) is 6.56. The number of nitrogens with zero attached hydrogens (tertiary/aromatic N) is 3. The summed E-state index contributed by atoms with van der Waals surface area (Å²) < 4.78 is 7.28. The molecule has 6 heteroatoms. The molecule has 3 rings (SSSR count). The summed E-state index contributed by atoms with van der Waals surface area (Å²) in [6, 6.07) is 0.182. The predicted octanol–water partition coefficient (Wildman–Crippen LogP) is 1.80. The third-order valence-corrected chi connectivity index (χ3v) is 4.42. The van der Waals surface area contributed by atoms with E-state index in [0.717, 1.165) is 42.2 Å². The van der Waals surface area contributed by atoms with Gasteiger partial charge < -0.3 is 14.4 Å². The molecule has 0 radical (unpaired) electrons. The molecular weight excluding hydrogens is 280 g/mol. The van der Waals surface area contributed by atoms with Crippen LogP contribution >= 0.6 is 0 Å². The quantitative estimate of drug-likeness (QED) is 0.934. The van der Waals surface area contributed by atoms with Crippen molar-refractivity contribution in [3.8, 4) is 0 Å². The SMILES string of the molecule is Cc1noc(C)c1C[C@@H](C)C(=O)N[C@@H]1CCc2nccn2C1. The van der Waals surface area contributed by atoms with E-state index in [0.29, 0.717) is 6.42 Å². The van der Waals surface area contributed by atoms with Crippen LogP contribution in [0, 0.1) is 19.8 Å². The molecule has 0 bridgehead atoms. The topological polar surface area (TPSA) is 73.0 Å². The van der Waals surface area contributed by atoms with Gasteiger partial charge in [-0.1, -0.05) is 12.1 Å². The summed E-state index contributed by atoms with van der Waals surface area (Å²) in [5.74, 6) is 1.90. The van der Waals surface area contributed by atoms with Gasteiger partial charge in [-0.15, -0.1) is 0 Å². The molecule has 6 nitrogen and oxygen atoms in total. The van der Waals surface area contributed by atoms with Gasteiger partial charge in [0.25, 0.3) is 0 Å². The number of aryl methyl sites for hydroxylation is 3. The molecule has 3 heterocycles. The molecule has 22 heavy (non-hydrogen) atoms. The normalized spacial score (nSPS) is 18.8. The summed E-state index contributed by atoms with van der Waals surface area (Å²) >= 11 is 0. The Morgan fingerprint density at radius 3 is 3.09 bits per heavy atom. The van der Waals surface area contributed by atoms with E-state index in [1.54, 1.807) is 0 Å². The van der Waals surface area contributed by atoms with Crippen LogP contribution in [-0.4, -0.2) is 26.7 Å². The first-order chi connectivity index (χ1) is 10.5. The van der Waals surface area contributed by atoms with E-state index >= 15 is 0 Å². The first-order valence-electron chi connectivity index (χ1n) is 7.76. The number of amides is 1. The Balaban J connectivity index is 1.58. The van der Waals surface area contributed by atoms with Gasteiger partial charge in [0.05, 0.1) is 5.69 Å². The number of fused-ring (bicyclic) bond motifs is 1. The fraction of sp³-hybridized carbons (Fsp3) is 0.562. The van der Waals surface area contributed by atoms with Crippen molar-refractivity contribution in [3.63, 3.8) is 0 Å². The maximum absolute atomic E-state index is 12.4. The maximum atomic E-state index is 12.4. The highest BCUT2D eigenvalue weighted by Gasteiger charge is 2.24. The highest BCUT2D eigenvalue weighted by Crippen LogP contribution is 2.18. The van der Waals surface area contributed by atoms with E-state index < -0.39 is 0 Å². The van der Waals surface area contributed by atoms with Gasteiger partial charge in [0.2, 0.25) is 5.91 Å². The van der Waals surface area contributed by atoms with Gasteiger partial charge in [0.1, 0.15) is 11.6 Å². The standard InChI is InChI=1S/C16H22N4O2/c1-10(8-14-11(2)19-22-12(14)3)16(21)18-13-4-5-15-17-6-7-20(15)9-13/h6-7,10,13H,4-5,8-9H2,1-3H3,(H,18,21)/t10-,13-/m1/s1. The number of imidazole rings is 1. The second-order valence-corrected chi connectivity index (χ2v) is 6.15. The lowest BCUT2D eigenvalue weighted by Crippen LogP contribution is -2.43. The van der Waals surface area contributed by atoms with E-state index in [2.05, 4.69) is 20.0 Å². The largest absolute Gasteiger partial charge is 0.361 e. The van der Waals surface area contributed by atoms with Crippen molar-refractivity contribution in [2.24, 2.45) is 5.92 Å². The molecule has 1 aliphatic rings. The zero-order valence-electron chi connectivity index (χ0n) is 13.3. The van der Waals surface area contributed by atoms with Gasteiger partial charge in [-0.25, -0.2) is 4.98 Å². The number of hydrogen-bond acceptors (Lipinski definition) is 4. The fourth-order valence-corrected chi connectivity index (χ4v) is 3.02. The van der Waals surface area contributed by atoms with E-state index in [9.17, 15) is 4.79 Å². The summed E-state index contributed by atoms with van der Waals surface area (Å²) in [7, 11) is 0. The molecule has 1 aliphatic heterocycles. The first-order valence-corrected chi connectivity index (χ1v) is 7.76. The molecule has 0 aliphatic carbocycles. The summed E-state index contributed by atoms with van der Waals surface area (Å²) in [6.07, 6.45) is 6.31. The van der Waals surface area contributed by atoms with Crippen LogP contribution in [0.3, 0.4) is 0 Å². The van der Waals surface area contributed by atoms with Crippen LogP contribution in [0.25, 0.3) is 0 Å². The number of nitrogens with one attached hydrogen (secondary N) is 1. The number of carbonyl (C=O) groups is 1. The number of hydrogen-bond donors (Lipinski definition) is 1. The number of aromatic nitrogens is 3. The van der Waals surface area contributed by atoms with Gasteiger partial charge in [-0.05, 0) is 26.7 Å². The van der Waals surface area contributed by atoms with E-state index in [1.807, 2.05) is 33.2 Å². The molecule has 0 saturated heterocycles. The molecule has 0 aromatic carbocycles. The van der Waals surface area contributed by atoms with Crippen LogP contribution in [0.15, 0.2) is 16.9 Å². The monoisotopic (exact) mass is 302 g/mol. The Hall–Kier alpha value is -2.11. The lowest BCUT2D eigenvalue weighted by Gasteiger charge is -2.26. The number of rotatable bonds is 4. The van der Waals surface area contributed by atoms with Gasteiger partial charge in [0.15, 0.2) is 0 Å². The minimum atomic E-state index is -0.0963. The molecule has 0 fully saturated rings. The molecule has 2 aromatic heterocycles. The molecule has 118 valence electrons. The highest BCUT2D eigenvalue weighted by atomic mass is 16.5. The van der Waals surface area contributed by atoms with Crippen LogP contribution in [-0.2, 0) is 24.2 Å². The van der Waals surface area contributed by atoms with Crippen LogP contribution in [0.2, 0.25) is 0 Å². The first kappa shape index (κ1) is 14.8. The van der Waals surface area contributed by atoms with E-state index in [1.165, 1.54) is 0 Å². The van der Waals surface area contributed by atoms with E-state index in [-0.39, 0.29) is 17.9 Å². The van der Waals surface area contributed by atoms with E-state index in [4.69, 9.17) is 4.52 Å². The second kappa shape index (κ2) is 5.94. The molecular formula is C16H22N4O2. The van der Waals surface area contributed by atoms with Gasteiger partial charge >= 0.3 is 0 Å². The van der Waals surface area contributed by atoms with Crippen molar-refractivity contribution in [1.29, 1.82) is 0 Å². The van der Waals surface area contributed by atoms with Gasteiger partial charge in [-0.2, -0.15) is 0 Å². The molecule has 0 spiro atoms. The van der Waals surface area contributed by atoms with Crippen LogP contribution in [0.4, 0.5) is 0 Å². The Bertz CT molecular complexity index is 654. The lowest BCUT2D eigenvalue weighted by molar-refractivity contribution is -0.125. The second-order valence-electron chi connectivity index (χ2n) is 6.15. The maximum Gasteiger partial charge on any atom is 0.223 e. The van der Waals surface area contributed by atoms with Crippen LogP contribution in [0.1, 0.15) is 36.2 Å². The fourth-order valence-electron chi connectivity index (χ4n) is 3.02. The molecule has 1 amide bonds. The smallest absolute Gasteiger partial charge is 0.223 e. The summed E-state index contributed by atoms with van der Waals surface area (Å²) in [5.41, 5.74) is 1.92. The Labute approximate surface area is 129 Å². The third-order valence-electron chi connectivity index (χ3n) is 4.42. The summed E-state index contributed by atoms with van der Waals surface area (Å²) in [5, 5.41) is 7.11. The number of carbonyl (C=O) groups excluding carboxylic acids is 1. The molecule has 1 N–H and O–H groups in total. The minimum absolute atomic E-state index is 0.0913. The average Bonchev–Trinajstić information content (AvgIpc) is 3.08. The van der Waals surface area contributed by atoms with Crippen LogP contribution in [0.5, 0.6) is 0 Å². The molecule has 2 atom stereocenters. The zero-order chi connectivity index (χ0) is 15.7. The molecule has 0 saturated carbocycles. The third kappa shape index (κ3) is 2.91. The summed E-state index contributed by atoms with van der Waals surface area (Å²) in [4.78, 5) is 16.7. The van der Waals surface area contributed by atoms with Crippen LogP contribution < -0.4 is 5.32 Å². The van der Waals surface area contributed by atoms with Gasteiger partial charge in [-0.3, -0.25) is 4.79 Å². The van der Waals surface area contributed by atoms with Gasteiger partial charge in [0, 0.05) is 42.9 Å². The van der Waals surface area contributed by atoms with Crippen molar-refractivity contribution < 1.29 is 9.32 Å². The molecule has 2 aromatic rings. The Kier molecular flexibility index (Phi) is 4.00. The lowest BCUT2D eigenvalue weighted by atomic mass is 9.98. The van der Waals surface area contributed by atoms with Crippen molar-refractivity contribution in [2.75, 3.05) is 0 Å². The Morgan fingerprint density at radius 1 is 1.55 bits per heavy atom. The average molecular weight is 302 g/mol. The highest BCUT2D eigenvalue weighted by molar-refractivity contribution is 5.79. The Morgan fingerprint density at radius 2 is 2.36 bits per heavy atom. The predicted molar refractivity (Wildman–Crippen MR) is 81.3 cm³/mol. The van der Waals surface area contributed by atoms with Crippen molar-refractivity contribution in [3.05, 3.63) is 35.2 Å².